The van der Waals surface area contributed by atoms with Crippen LogP contribution in [0.3, 0.4) is 0 Å². The van der Waals surface area contributed by atoms with Crippen LogP contribution < -0.4 is 10.6 Å². The summed E-state index contributed by atoms with van der Waals surface area (Å²) in [5, 5.41) is 0. The minimum atomic E-state index is -0.178. The smallest absolute Gasteiger partial charge is 0.146 e. The van der Waals surface area contributed by atoms with E-state index in [-0.39, 0.29) is 11.9 Å². The van der Waals surface area contributed by atoms with Crippen molar-refractivity contribution >= 4 is 5.69 Å². The Kier molecular flexibility index (Phi) is 4.19. The van der Waals surface area contributed by atoms with E-state index in [1.165, 1.54) is 6.07 Å². The van der Waals surface area contributed by atoms with E-state index < -0.39 is 0 Å². The SMILES string of the molecule is COCC1CCN(c2c(F)cccc2[C@H](C)N)C1. The van der Waals surface area contributed by atoms with Gasteiger partial charge in [-0.3, -0.25) is 0 Å². The number of hydrogen-bond donors (Lipinski definition) is 1. The van der Waals surface area contributed by atoms with E-state index in [2.05, 4.69) is 4.90 Å². The van der Waals surface area contributed by atoms with Crippen molar-refractivity contribution in [2.75, 3.05) is 31.7 Å². The van der Waals surface area contributed by atoms with E-state index in [9.17, 15) is 4.39 Å². The zero-order valence-electron chi connectivity index (χ0n) is 11.0. The van der Waals surface area contributed by atoms with Crippen LogP contribution in [0.25, 0.3) is 0 Å². The minimum absolute atomic E-state index is 0.155. The van der Waals surface area contributed by atoms with Gasteiger partial charge in [0.05, 0.1) is 12.3 Å². The van der Waals surface area contributed by atoms with E-state index >= 15 is 0 Å². The molecule has 0 spiro atoms. The third-order valence-corrected chi connectivity index (χ3v) is 3.51. The normalized spacial score (nSPS) is 21.3. The Labute approximate surface area is 108 Å². The van der Waals surface area contributed by atoms with Gasteiger partial charge in [-0.1, -0.05) is 12.1 Å². The third-order valence-electron chi connectivity index (χ3n) is 3.51. The number of nitrogens with two attached hydrogens (primary N) is 1. The highest BCUT2D eigenvalue weighted by Gasteiger charge is 2.26. The summed E-state index contributed by atoms with van der Waals surface area (Å²) in [5.74, 6) is 0.304. The largest absolute Gasteiger partial charge is 0.384 e. The molecule has 0 amide bonds. The first kappa shape index (κ1) is 13.3. The number of anilines is 1. The fourth-order valence-electron chi connectivity index (χ4n) is 2.64. The summed E-state index contributed by atoms with van der Waals surface area (Å²) in [6.45, 7) is 4.34. The number of nitrogens with zero attached hydrogens (tertiary/aromatic N) is 1. The molecule has 0 saturated carbocycles. The van der Waals surface area contributed by atoms with Crippen molar-refractivity contribution < 1.29 is 9.13 Å². The molecule has 1 aliphatic rings. The number of methoxy groups -OCH3 is 1. The van der Waals surface area contributed by atoms with Gasteiger partial charge in [-0.2, -0.15) is 0 Å². The van der Waals surface area contributed by atoms with Gasteiger partial charge in [-0.05, 0) is 25.0 Å². The summed E-state index contributed by atoms with van der Waals surface area (Å²) in [7, 11) is 1.71. The van der Waals surface area contributed by atoms with Gasteiger partial charge in [0, 0.05) is 32.2 Å². The van der Waals surface area contributed by atoms with Gasteiger partial charge >= 0.3 is 0 Å². The Morgan fingerprint density at radius 1 is 1.56 bits per heavy atom. The van der Waals surface area contributed by atoms with Crippen LogP contribution in [0.2, 0.25) is 0 Å². The fraction of sp³-hybridized carbons (Fsp3) is 0.571. The first-order valence-electron chi connectivity index (χ1n) is 6.41. The number of ether oxygens (including phenoxy) is 1. The molecule has 1 aromatic carbocycles. The van der Waals surface area contributed by atoms with Crippen LogP contribution in [0.5, 0.6) is 0 Å². The molecule has 1 saturated heterocycles. The second-order valence-corrected chi connectivity index (χ2v) is 5.02. The number of halogens is 1. The number of hydrogen-bond acceptors (Lipinski definition) is 3. The predicted molar refractivity (Wildman–Crippen MR) is 71.2 cm³/mol. The Morgan fingerprint density at radius 2 is 2.33 bits per heavy atom. The van der Waals surface area contributed by atoms with Crippen LogP contribution in [-0.2, 0) is 4.74 Å². The van der Waals surface area contributed by atoms with Crippen molar-refractivity contribution in [1.82, 2.24) is 0 Å². The van der Waals surface area contributed by atoms with Crippen LogP contribution >= 0.6 is 0 Å². The Morgan fingerprint density at radius 3 is 3.00 bits per heavy atom. The maximum Gasteiger partial charge on any atom is 0.146 e. The Bertz CT molecular complexity index is 409. The van der Waals surface area contributed by atoms with Crippen LogP contribution in [-0.4, -0.2) is 26.8 Å². The molecule has 100 valence electrons. The van der Waals surface area contributed by atoms with Crippen LogP contribution in [0.1, 0.15) is 24.9 Å². The van der Waals surface area contributed by atoms with E-state index in [1.54, 1.807) is 13.2 Å². The van der Waals surface area contributed by atoms with Crippen LogP contribution in [0.4, 0.5) is 10.1 Å². The average Bonchev–Trinajstić information content (AvgIpc) is 2.77. The van der Waals surface area contributed by atoms with Crippen molar-refractivity contribution in [3.8, 4) is 0 Å². The highest BCUT2D eigenvalue weighted by molar-refractivity contribution is 5.56. The second kappa shape index (κ2) is 5.67. The third kappa shape index (κ3) is 2.65. The quantitative estimate of drug-likeness (QED) is 0.893. The highest BCUT2D eigenvalue weighted by Crippen LogP contribution is 2.32. The first-order valence-corrected chi connectivity index (χ1v) is 6.41. The molecule has 3 nitrogen and oxygen atoms in total. The Balaban J connectivity index is 2.23. The van der Waals surface area contributed by atoms with Gasteiger partial charge in [-0.25, -0.2) is 4.39 Å². The van der Waals surface area contributed by atoms with Gasteiger partial charge < -0.3 is 15.4 Å². The summed E-state index contributed by atoms with van der Waals surface area (Å²) in [6, 6.07) is 4.98. The maximum absolute atomic E-state index is 14.0. The standard InChI is InChI=1S/C14H21FN2O/c1-10(16)12-4-3-5-13(15)14(12)17-7-6-11(8-17)9-18-2/h3-5,10-11H,6-9,16H2,1-2H3/t10-,11?/m0/s1. The minimum Gasteiger partial charge on any atom is -0.384 e. The lowest BCUT2D eigenvalue weighted by Gasteiger charge is -2.24. The lowest BCUT2D eigenvalue weighted by atomic mass is 10.1. The molecule has 0 bridgehead atoms. The van der Waals surface area contributed by atoms with Crippen LogP contribution in [0, 0.1) is 11.7 Å². The van der Waals surface area contributed by atoms with Gasteiger partial charge in [0.25, 0.3) is 0 Å². The molecule has 1 unspecified atom stereocenters. The van der Waals surface area contributed by atoms with Gasteiger partial charge in [-0.15, -0.1) is 0 Å². The van der Waals surface area contributed by atoms with Crippen molar-refractivity contribution in [2.24, 2.45) is 11.7 Å². The zero-order valence-corrected chi connectivity index (χ0v) is 11.0. The van der Waals surface area contributed by atoms with E-state index in [4.69, 9.17) is 10.5 Å². The Hall–Kier alpha value is -1.13. The van der Waals surface area contributed by atoms with Crippen molar-refractivity contribution in [1.29, 1.82) is 0 Å². The number of para-hydroxylation sites is 1. The van der Waals surface area contributed by atoms with Crippen molar-refractivity contribution in [3.63, 3.8) is 0 Å². The summed E-state index contributed by atoms with van der Waals surface area (Å²) >= 11 is 0. The molecule has 0 aromatic heterocycles. The molecule has 1 heterocycles. The summed E-state index contributed by atoms with van der Waals surface area (Å²) in [5.41, 5.74) is 7.48. The molecule has 2 N–H and O–H groups in total. The van der Waals surface area contributed by atoms with E-state index in [1.807, 2.05) is 13.0 Å². The van der Waals surface area contributed by atoms with E-state index in [0.717, 1.165) is 31.7 Å². The lowest BCUT2D eigenvalue weighted by Crippen LogP contribution is -2.24. The highest BCUT2D eigenvalue weighted by atomic mass is 19.1. The first-order chi connectivity index (χ1) is 8.63. The summed E-state index contributed by atoms with van der Waals surface area (Å²) in [6.07, 6.45) is 1.04. The van der Waals surface area contributed by atoms with E-state index in [0.29, 0.717) is 11.6 Å². The molecule has 4 heteroatoms. The lowest BCUT2D eigenvalue weighted by molar-refractivity contribution is 0.161. The number of rotatable bonds is 4. The molecular formula is C14H21FN2O. The van der Waals surface area contributed by atoms with Crippen LogP contribution in [0.15, 0.2) is 18.2 Å². The molecule has 0 radical (unpaired) electrons. The fourth-order valence-corrected chi connectivity index (χ4v) is 2.64. The molecule has 0 aliphatic carbocycles. The van der Waals surface area contributed by atoms with Gasteiger partial charge in [0.15, 0.2) is 0 Å². The molecule has 2 atom stereocenters. The zero-order chi connectivity index (χ0) is 13.1. The average molecular weight is 252 g/mol. The van der Waals surface area contributed by atoms with Gasteiger partial charge in [0.1, 0.15) is 5.82 Å². The summed E-state index contributed by atoms with van der Waals surface area (Å²) in [4.78, 5) is 2.09. The second-order valence-electron chi connectivity index (χ2n) is 5.02. The molecular weight excluding hydrogens is 231 g/mol. The van der Waals surface area contributed by atoms with Crippen molar-refractivity contribution in [3.05, 3.63) is 29.6 Å². The molecule has 2 rings (SSSR count). The molecule has 1 aromatic rings. The number of benzene rings is 1. The molecule has 18 heavy (non-hydrogen) atoms. The molecule has 1 fully saturated rings. The maximum atomic E-state index is 14.0. The monoisotopic (exact) mass is 252 g/mol. The molecule has 1 aliphatic heterocycles. The van der Waals surface area contributed by atoms with Gasteiger partial charge in [0.2, 0.25) is 0 Å². The topological polar surface area (TPSA) is 38.5 Å². The van der Waals surface area contributed by atoms with Crippen molar-refractivity contribution in [2.45, 2.75) is 19.4 Å². The summed E-state index contributed by atoms with van der Waals surface area (Å²) < 4.78 is 19.2. The predicted octanol–water partition coefficient (Wildman–Crippen LogP) is 2.32.